The minimum absolute atomic E-state index is 0.147. The molecule has 1 amide bonds. The van der Waals surface area contributed by atoms with E-state index in [0.717, 1.165) is 25.8 Å². The lowest BCUT2D eigenvalue weighted by Crippen LogP contribution is -2.46. The number of amides is 1. The van der Waals surface area contributed by atoms with E-state index in [0.29, 0.717) is 12.8 Å². The lowest BCUT2D eigenvalue weighted by Gasteiger charge is -2.39. The number of likely N-dealkylation sites (tertiary alicyclic amines) is 1. The molecule has 0 spiro atoms. The Morgan fingerprint density at radius 3 is 2.42 bits per heavy atom. The summed E-state index contributed by atoms with van der Waals surface area (Å²) in [6.45, 7) is 8.01. The van der Waals surface area contributed by atoms with E-state index in [9.17, 15) is 23.3 Å². The number of carbonyl (C=O) groups excluding carboxylic acids is 1. The molecule has 0 radical (unpaired) electrons. The van der Waals surface area contributed by atoms with E-state index in [2.05, 4.69) is 25.7 Å². The highest BCUT2D eigenvalue weighted by Crippen LogP contribution is 2.53. The third kappa shape index (κ3) is 4.09. The van der Waals surface area contributed by atoms with Crippen molar-refractivity contribution >= 4 is 21.6 Å². The number of carbonyl (C=O) groups is 1. The van der Waals surface area contributed by atoms with Crippen molar-refractivity contribution in [3.63, 3.8) is 0 Å². The highest BCUT2D eigenvalue weighted by Gasteiger charge is 2.52. The van der Waals surface area contributed by atoms with Crippen LogP contribution in [0.3, 0.4) is 0 Å². The van der Waals surface area contributed by atoms with Crippen LogP contribution in [0.15, 0.2) is 29.2 Å². The summed E-state index contributed by atoms with van der Waals surface area (Å²) in [5.74, 6) is -0.0440. The monoisotopic (exact) mass is 449 g/mol. The Labute approximate surface area is 183 Å². The number of nitro benzene ring substituents is 1. The lowest BCUT2D eigenvalue weighted by molar-refractivity contribution is -0.387. The molecule has 1 saturated carbocycles. The van der Waals surface area contributed by atoms with E-state index in [1.54, 1.807) is 0 Å². The molecule has 3 aliphatic rings. The van der Waals surface area contributed by atoms with Gasteiger partial charge in [0.25, 0.3) is 5.69 Å². The van der Waals surface area contributed by atoms with Gasteiger partial charge in [0, 0.05) is 37.7 Å². The van der Waals surface area contributed by atoms with Crippen molar-refractivity contribution in [2.24, 2.45) is 16.7 Å². The predicted molar refractivity (Wildman–Crippen MR) is 116 cm³/mol. The summed E-state index contributed by atoms with van der Waals surface area (Å²) in [6, 6.07) is 5.70. The van der Waals surface area contributed by atoms with Gasteiger partial charge in [-0.2, -0.15) is 4.31 Å². The van der Waals surface area contributed by atoms with E-state index < -0.39 is 20.6 Å². The van der Waals surface area contributed by atoms with E-state index in [4.69, 9.17) is 0 Å². The van der Waals surface area contributed by atoms with Gasteiger partial charge in [0.15, 0.2) is 4.90 Å². The molecule has 2 aliphatic heterocycles. The number of sulfonamides is 1. The van der Waals surface area contributed by atoms with Crippen LogP contribution in [0.5, 0.6) is 0 Å². The molecular weight excluding hydrogens is 418 g/mol. The summed E-state index contributed by atoms with van der Waals surface area (Å²) in [5, 5.41) is 11.3. The smallest absolute Gasteiger partial charge is 0.289 e. The van der Waals surface area contributed by atoms with E-state index >= 15 is 0 Å². The fourth-order valence-corrected chi connectivity index (χ4v) is 7.89. The van der Waals surface area contributed by atoms with Gasteiger partial charge in [0.1, 0.15) is 0 Å². The molecule has 1 aliphatic carbocycles. The van der Waals surface area contributed by atoms with Gasteiger partial charge < -0.3 is 4.90 Å². The van der Waals surface area contributed by atoms with Gasteiger partial charge in [-0.1, -0.05) is 32.9 Å². The molecule has 2 saturated heterocycles. The molecule has 0 N–H and O–H groups in total. The van der Waals surface area contributed by atoms with Crippen LogP contribution in [-0.4, -0.2) is 54.1 Å². The maximum Gasteiger partial charge on any atom is 0.289 e. The van der Waals surface area contributed by atoms with Gasteiger partial charge in [0.2, 0.25) is 15.9 Å². The largest absolute Gasteiger partial charge is 0.339 e. The van der Waals surface area contributed by atoms with Crippen LogP contribution in [0.4, 0.5) is 5.69 Å². The van der Waals surface area contributed by atoms with Gasteiger partial charge in [-0.05, 0) is 49.0 Å². The molecule has 170 valence electrons. The number of benzene rings is 1. The summed E-state index contributed by atoms with van der Waals surface area (Å²) in [6.07, 6.45) is 4.07. The topological polar surface area (TPSA) is 101 Å². The quantitative estimate of drug-likeness (QED) is 0.518. The van der Waals surface area contributed by atoms with Crippen LogP contribution >= 0.6 is 0 Å². The number of hydrogen-bond acceptors (Lipinski definition) is 5. The van der Waals surface area contributed by atoms with Crippen molar-refractivity contribution in [1.82, 2.24) is 9.21 Å². The summed E-state index contributed by atoms with van der Waals surface area (Å²) < 4.78 is 27.4. The average Bonchev–Trinajstić information content (AvgIpc) is 2.96. The van der Waals surface area contributed by atoms with Gasteiger partial charge in [-0.25, -0.2) is 8.42 Å². The van der Waals surface area contributed by atoms with Gasteiger partial charge in [0.05, 0.1) is 4.92 Å². The maximum atomic E-state index is 13.3. The second-order valence-electron chi connectivity index (χ2n) is 10.6. The molecule has 2 heterocycles. The first-order valence-corrected chi connectivity index (χ1v) is 12.4. The van der Waals surface area contributed by atoms with Crippen LogP contribution in [0.25, 0.3) is 0 Å². The first kappa shape index (κ1) is 22.2. The molecule has 0 aromatic heterocycles. The van der Waals surface area contributed by atoms with Crippen LogP contribution in [0, 0.1) is 26.9 Å². The van der Waals surface area contributed by atoms with Crippen LogP contribution in [0.1, 0.15) is 52.9 Å². The minimum Gasteiger partial charge on any atom is -0.339 e. The second-order valence-corrected chi connectivity index (χ2v) is 12.5. The Morgan fingerprint density at radius 2 is 1.77 bits per heavy atom. The van der Waals surface area contributed by atoms with Gasteiger partial charge in [-0.15, -0.1) is 0 Å². The first-order valence-electron chi connectivity index (χ1n) is 11.0. The molecule has 3 fully saturated rings. The fraction of sp³-hybridized carbons (Fsp3) is 0.682. The normalized spacial score (nSPS) is 29.1. The van der Waals surface area contributed by atoms with Crippen LogP contribution in [-0.2, 0) is 14.8 Å². The van der Waals surface area contributed by atoms with Crippen LogP contribution < -0.4 is 0 Å². The summed E-state index contributed by atoms with van der Waals surface area (Å²) in [4.78, 5) is 25.7. The van der Waals surface area contributed by atoms with Crippen molar-refractivity contribution in [2.45, 2.75) is 63.8 Å². The molecule has 0 unspecified atom stereocenters. The zero-order valence-electron chi connectivity index (χ0n) is 18.4. The van der Waals surface area contributed by atoms with Crippen molar-refractivity contribution in [3.8, 4) is 0 Å². The molecule has 8 nitrogen and oxygen atoms in total. The highest BCUT2D eigenvalue weighted by molar-refractivity contribution is 7.89. The van der Waals surface area contributed by atoms with Crippen molar-refractivity contribution in [2.75, 3.05) is 19.6 Å². The van der Waals surface area contributed by atoms with Gasteiger partial charge in [-0.3, -0.25) is 14.9 Å². The summed E-state index contributed by atoms with van der Waals surface area (Å²) in [5.41, 5.74) is -0.0201. The molecule has 1 aromatic carbocycles. The lowest BCUT2D eigenvalue weighted by atomic mass is 9.65. The molecule has 31 heavy (non-hydrogen) atoms. The molecule has 2 atom stereocenters. The molecule has 1 aromatic rings. The number of rotatable bonds is 4. The van der Waals surface area contributed by atoms with Crippen LogP contribution in [0.2, 0.25) is 0 Å². The maximum absolute atomic E-state index is 13.3. The number of hydrogen-bond donors (Lipinski definition) is 0. The Balaban J connectivity index is 1.45. The highest BCUT2D eigenvalue weighted by atomic mass is 32.2. The third-order valence-corrected chi connectivity index (χ3v) is 9.13. The number of nitro groups is 1. The number of piperidine rings is 1. The van der Waals surface area contributed by atoms with E-state index in [1.807, 2.05) is 0 Å². The fourth-order valence-electron chi connectivity index (χ4n) is 6.26. The van der Waals surface area contributed by atoms with Crippen molar-refractivity contribution in [3.05, 3.63) is 34.4 Å². The third-order valence-electron chi connectivity index (χ3n) is 7.18. The Kier molecular flexibility index (Phi) is 5.41. The van der Waals surface area contributed by atoms with E-state index in [1.165, 1.54) is 28.6 Å². The predicted octanol–water partition coefficient (Wildman–Crippen LogP) is 3.42. The SMILES string of the molecule is CC1(C)C[C@@H]2C[C@](C)(CN2C(=O)C2CCN(S(=O)(=O)c3ccccc3[N+](=O)[O-])CC2)C1. The molecule has 2 bridgehead atoms. The zero-order chi connectivity index (χ0) is 22.6. The second kappa shape index (κ2) is 7.55. The Morgan fingerprint density at radius 1 is 1.13 bits per heavy atom. The zero-order valence-corrected chi connectivity index (χ0v) is 19.2. The standard InChI is InChI=1S/C22H31N3O5S/c1-21(2)12-17-13-22(3,14-21)15-24(17)20(26)16-8-10-23(11-9-16)31(29,30)19-7-5-4-6-18(19)25(27)28/h4-7,16-17H,8-15H2,1-3H3/t17-,22+/m1/s1. The summed E-state index contributed by atoms with van der Waals surface area (Å²) in [7, 11) is -3.98. The summed E-state index contributed by atoms with van der Waals surface area (Å²) >= 11 is 0. The molecule has 4 rings (SSSR count). The molecule has 9 heteroatoms. The first-order chi connectivity index (χ1) is 14.4. The molecular formula is C22H31N3O5S. The number of nitrogens with zero attached hydrogens (tertiary/aromatic N) is 3. The van der Waals surface area contributed by atoms with Crippen molar-refractivity contribution < 1.29 is 18.1 Å². The van der Waals surface area contributed by atoms with Gasteiger partial charge >= 0.3 is 0 Å². The average molecular weight is 450 g/mol. The Hall–Kier alpha value is -2.00. The minimum atomic E-state index is -3.98. The number of fused-ring (bicyclic) bond motifs is 2. The van der Waals surface area contributed by atoms with E-state index in [-0.39, 0.29) is 46.7 Å². The van der Waals surface area contributed by atoms with Crippen molar-refractivity contribution in [1.29, 1.82) is 0 Å². The number of para-hydroxylation sites is 1. The Bertz CT molecular complexity index is 1000.